The molecule has 0 atom stereocenters. The predicted octanol–water partition coefficient (Wildman–Crippen LogP) is 5.83. The number of aryl methyl sites for hydroxylation is 3. The minimum Gasteiger partial charge on any atom is -0.372 e. The average Bonchev–Trinajstić information content (AvgIpc) is 3.10. The van der Waals surface area contributed by atoms with Crippen LogP contribution in [0.15, 0.2) is 41.8 Å². The molecule has 3 aromatic rings. The molecule has 0 saturated heterocycles. The summed E-state index contributed by atoms with van der Waals surface area (Å²) < 4.78 is 0. The zero-order valence-electron chi connectivity index (χ0n) is 17.2. The van der Waals surface area contributed by atoms with Crippen LogP contribution in [0.3, 0.4) is 0 Å². The number of benzene rings is 2. The molecule has 1 heterocycles. The number of hydrogen-bond acceptors (Lipinski definition) is 4. The van der Waals surface area contributed by atoms with Crippen molar-refractivity contribution in [2.75, 3.05) is 23.3 Å². The molecule has 0 spiro atoms. The summed E-state index contributed by atoms with van der Waals surface area (Å²) in [5.74, 6) is -0.135. The highest BCUT2D eigenvalue weighted by Gasteiger charge is 2.13. The van der Waals surface area contributed by atoms with E-state index < -0.39 is 0 Å². The van der Waals surface area contributed by atoms with Crippen LogP contribution >= 0.6 is 11.3 Å². The number of carbonyl (C=O) groups excluding carboxylic acids is 1. The lowest BCUT2D eigenvalue weighted by atomic mass is 9.98. The van der Waals surface area contributed by atoms with Crippen molar-refractivity contribution < 1.29 is 4.79 Å². The lowest BCUT2D eigenvalue weighted by Crippen LogP contribution is -2.21. The Kier molecular flexibility index (Phi) is 6.15. The van der Waals surface area contributed by atoms with Gasteiger partial charge in [0.1, 0.15) is 0 Å². The first-order valence-corrected chi connectivity index (χ1v) is 10.5. The average molecular weight is 394 g/mol. The van der Waals surface area contributed by atoms with E-state index in [2.05, 4.69) is 62.0 Å². The minimum atomic E-state index is -0.135. The van der Waals surface area contributed by atoms with Crippen molar-refractivity contribution in [2.24, 2.45) is 0 Å². The van der Waals surface area contributed by atoms with Gasteiger partial charge in [-0.3, -0.25) is 10.1 Å². The maximum atomic E-state index is 12.6. The Labute approximate surface area is 171 Å². The topological polar surface area (TPSA) is 45.2 Å². The zero-order chi connectivity index (χ0) is 20.3. The number of carbonyl (C=O) groups is 1. The van der Waals surface area contributed by atoms with E-state index in [0.29, 0.717) is 10.7 Å². The maximum Gasteiger partial charge on any atom is 0.257 e. The van der Waals surface area contributed by atoms with Crippen molar-refractivity contribution in [1.29, 1.82) is 0 Å². The fraction of sp³-hybridized carbons (Fsp3) is 0.304. The molecule has 28 heavy (non-hydrogen) atoms. The second-order valence-electron chi connectivity index (χ2n) is 6.98. The fourth-order valence-electron chi connectivity index (χ4n) is 3.61. The van der Waals surface area contributed by atoms with Crippen molar-refractivity contribution in [1.82, 2.24) is 4.98 Å². The highest BCUT2D eigenvalue weighted by atomic mass is 32.1. The van der Waals surface area contributed by atoms with E-state index in [1.165, 1.54) is 28.0 Å². The lowest BCUT2D eigenvalue weighted by Gasteiger charge is -2.20. The Hall–Kier alpha value is -2.66. The minimum absolute atomic E-state index is 0.135. The maximum absolute atomic E-state index is 12.6. The Morgan fingerprint density at radius 3 is 2.21 bits per heavy atom. The van der Waals surface area contributed by atoms with E-state index in [-0.39, 0.29) is 5.91 Å². The van der Waals surface area contributed by atoms with Gasteiger partial charge >= 0.3 is 0 Å². The van der Waals surface area contributed by atoms with Gasteiger partial charge in [0.05, 0.1) is 5.69 Å². The first-order chi connectivity index (χ1) is 13.4. The smallest absolute Gasteiger partial charge is 0.257 e. The summed E-state index contributed by atoms with van der Waals surface area (Å²) in [6.07, 6.45) is 0. The van der Waals surface area contributed by atoms with Crippen LogP contribution in [0.2, 0.25) is 0 Å². The molecule has 0 aliphatic rings. The van der Waals surface area contributed by atoms with E-state index in [1.54, 1.807) is 0 Å². The number of aromatic nitrogens is 1. The second kappa shape index (κ2) is 8.57. The molecular formula is C23H27N3OS. The molecule has 0 fully saturated rings. The van der Waals surface area contributed by atoms with Crippen LogP contribution in [0.1, 0.15) is 40.9 Å². The Morgan fingerprint density at radius 2 is 1.64 bits per heavy atom. The van der Waals surface area contributed by atoms with Crippen LogP contribution in [-0.4, -0.2) is 24.0 Å². The molecule has 2 aromatic carbocycles. The van der Waals surface area contributed by atoms with Crippen LogP contribution in [0, 0.1) is 20.8 Å². The van der Waals surface area contributed by atoms with E-state index in [4.69, 9.17) is 0 Å². The second-order valence-corrected chi connectivity index (χ2v) is 7.84. The Balaban J connectivity index is 1.76. The third-order valence-corrected chi connectivity index (χ3v) is 5.67. The summed E-state index contributed by atoms with van der Waals surface area (Å²) in [7, 11) is 0. The van der Waals surface area contributed by atoms with Crippen molar-refractivity contribution in [3.8, 4) is 11.3 Å². The van der Waals surface area contributed by atoms with Gasteiger partial charge in [0.25, 0.3) is 5.91 Å². The van der Waals surface area contributed by atoms with Crippen molar-refractivity contribution in [3.63, 3.8) is 0 Å². The van der Waals surface area contributed by atoms with Crippen molar-refractivity contribution >= 4 is 28.1 Å². The van der Waals surface area contributed by atoms with Crippen LogP contribution < -0.4 is 10.2 Å². The summed E-state index contributed by atoms with van der Waals surface area (Å²) in [6.45, 7) is 12.4. The molecular weight excluding hydrogens is 366 g/mol. The molecule has 5 heteroatoms. The molecule has 0 radical (unpaired) electrons. The number of nitrogens with one attached hydrogen (secondary N) is 1. The standard InChI is InChI=1S/C23H27N3OS/c1-6-26(7-2)19-10-8-18(9-11-19)22(27)25-23-24-20(14-28-23)21-16(4)12-15(3)13-17(21)5/h8-14H,6-7H2,1-5H3,(H,24,25,27). The monoisotopic (exact) mass is 393 g/mol. The lowest BCUT2D eigenvalue weighted by molar-refractivity contribution is 0.102. The van der Waals surface area contributed by atoms with Crippen molar-refractivity contribution in [3.05, 3.63) is 64.0 Å². The molecule has 1 aromatic heterocycles. The third-order valence-electron chi connectivity index (χ3n) is 4.92. The molecule has 0 aliphatic heterocycles. The summed E-state index contributed by atoms with van der Waals surface area (Å²) >= 11 is 1.45. The highest BCUT2D eigenvalue weighted by Crippen LogP contribution is 2.31. The van der Waals surface area contributed by atoms with Crippen LogP contribution in [0.4, 0.5) is 10.8 Å². The normalized spacial score (nSPS) is 10.8. The van der Waals surface area contributed by atoms with Gasteiger partial charge in [-0.1, -0.05) is 17.7 Å². The van der Waals surface area contributed by atoms with Gasteiger partial charge in [0.2, 0.25) is 0 Å². The van der Waals surface area contributed by atoms with Gasteiger partial charge in [-0.25, -0.2) is 4.98 Å². The van der Waals surface area contributed by atoms with E-state index in [1.807, 2.05) is 29.6 Å². The number of amides is 1. The largest absolute Gasteiger partial charge is 0.372 e. The van der Waals surface area contributed by atoms with Crippen LogP contribution in [-0.2, 0) is 0 Å². The summed E-state index contributed by atoms with van der Waals surface area (Å²) in [6, 6.07) is 12.1. The van der Waals surface area contributed by atoms with E-state index >= 15 is 0 Å². The van der Waals surface area contributed by atoms with E-state index in [9.17, 15) is 4.79 Å². The number of rotatable bonds is 6. The summed E-state index contributed by atoms with van der Waals surface area (Å²) in [5, 5.41) is 5.55. The van der Waals surface area contributed by atoms with Gasteiger partial charge in [-0.15, -0.1) is 11.3 Å². The van der Waals surface area contributed by atoms with Gasteiger partial charge < -0.3 is 4.90 Å². The van der Waals surface area contributed by atoms with Gasteiger partial charge in [0.15, 0.2) is 5.13 Å². The van der Waals surface area contributed by atoms with Gasteiger partial charge in [-0.05, 0) is 70.0 Å². The first-order valence-electron chi connectivity index (χ1n) is 9.63. The Morgan fingerprint density at radius 1 is 1.04 bits per heavy atom. The van der Waals surface area contributed by atoms with E-state index in [0.717, 1.165) is 30.0 Å². The van der Waals surface area contributed by atoms with Crippen LogP contribution in [0.25, 0.3) is 11.3 Å². The fourth-order valence-corrected chi connectivity index (χ4v) is 4.31. The molecule has 146 valence electrons. The molecule has 3 rings (SSSR count). The van der Waals surface area contributed by atoms with Crippen molar-refractivity contribution in [2.45, 2.75) is 34.6 Å². The highest BCUT2D eigenvalue weighted by molar-refractivity contribution is 7.14. The number of hydrogen-bond donors (Lipinski definition) is 1. The predicted molar refractivity (Wildman–Crippen MR) is 120 cm³/mol. The Bertz CT molecular complexity index is 949. The summed E-state index contributed by atoms with van der Waals surface area (Å²) in [4.78, 5) is 19.5. The first kappa shape index (κ1) is 20.1. The quantitative estimate of drug-likeness (QED) is 0.573. The molecule has 0 saturated carbocycles. The third kappa shape index (κ3) is 4.25. The number of anilines is 2. The molecule has 4 nitrogen and oxygen atoms in total. The molecule has 0 bridgehead atoms. The van der Waals surface area contributed by atoms with Gasteiger partial charge in [-0.2, -0.15) is 0 Å². The van der Waals surface area contributed by atoms with Crippen LogP contribution in [0.5, 0.6) is 0 Å². The molecule has 0 aliphatic carbocycles. The molecule has 1 amide bonds. The number of thiazole rings is 1. The molecule has 0 unspecified atom stereocenters. The number of nitrogens with zero attached hydrogens (tertiary/aromatic N) is 2. The zero-order valence-corrected chi connectivity index (χ0v) is 18.0. The molecule has 1 N–H and O–H groups in total. The van der Waals surface area contributed by atoms with Gasteiger partial charge in [0, 0.05) is 35.3 Å². The summed E-state index contributed by atoms with van der Waals surface area (Å²) in [5.41, 5.74) is 7.47. The SMILES string of the molecule is CCN(CC)c1ccc(C(=O)Nc2nc(-c3c(C)cc(C)cc3C)cs2)cc1.